The number of aliphatic hydroxyl groups is 1. The van der Waals surface area contributed by atoms with E-state index in [0.717, 1.165) is 0 Å². The van der Waals surface area contributed by atoms with Gasteiger partial charge in [-0.3, -0.25) is 9.59 Å². The Hall–Kier alpha value is -3.32. The zero-order valence-corrected chi connectivity index (χ0v) is 18.3. The van der Waals surface area contributed by atoms with Crippen LogP contribution in [-0.2, 0) is 9.59 Å². The van der Waals surface area contributed by atoms with Gasteiger partial charge in [-0.2, -0.15) is 0 Å². The van der Waals surface area contributed by atoms with Crippen molar-refractivity contribution >= 4 is 17.4 Å². The van der Waals surface area contributed by atoms with E-state index < -0.39 is 17.7 Å². The minimum Gasteiger partial charge on any atom is -0.507 e. The molecule has 1 aliphatic rings. The van der Waals surface area contributed by atoms with Crippen molar-refractivity contribution in [1.29, 1.82) is 0 Å². The van der Waals surface area contributed by atoms with E-state index in [1.54, 1.807) is 49.6 Å². The molecule has 3 rings (SSSR count). The van der Waals surface area contributed by atoms with E-state index in [9.17, 15) is 14.7 Å². The molecule has 2 aromatic carbocycles. The van der Waals surface area contributed by atoms with Crippen molar-refractivity contribution < 1.29 is 24.2 Å². The second-order valence-corrected chi connectivity index (χ2v) is 7.53. The van der Waals surface area contributed by atoms with Gasteiger partial charge in [-0.1, -0.05) is 24.3 Å². The number of aliphatic hydroxyl groups excluding tert-OH is 1. The molecule has 1 fully saturated rings. The third-order valence-corrected chi connectivity index (χ3v) is 5.16. The molecule has 0 aromatic heterocycles. The third-order valence-electron chi connectivity index (χ3n) is 5.16. The Kier molecular flexibility index (Phi) is 6.97. The highest BCUT2D eigenvalue weighted by Crippen LogP contribution is 2.40. The molecule has 1 heterocycles. The van der Waals surface area contributed by atoms with Gasteiger partial charge in [-0.05, 0) is 50.8 Å². The van der Waals surface area contributed by atoms with Gasteiger partial charge in [-0.25, -0.2) is 0 Å². The maximum absolute atomic E-state index is 13.0. The SMILES string of the molecule is CCOc1cccc(/C(O)=C2\C(=O)C(=O)N(CCN(C)C)C2c2cccc(OC)c2)c1. The standard InChI is InChI=1S/C24H28N2O5/c1-5-31-19-11-7-9-17(15-19)22(27)20-21(16-8-6-10-18(14-16)30-4)26(13-12-25(2)3)24(29)23(20)28/h6-11,14-15,21,27H,5,12-13H2,1-4H3/b22-20+. The maximum atomic E-state index is 13.0. The van der Waals surface area contributed by atoms with Gasteiger partial charge in [0.05, 0.1) is 25.3 Å². The summed E-state index contributed by atoms with van der Waals surface area (Å²) in [6.45, 7) is 3.26. The number of hydrogen-bond donors (Lipinski definition) is 1. The van der Waals surface area contributed by atoms with E-state index in [-0.39, 0.29) is 11.3 Å². The van der Waals surface area contributed by atoms with Gasteiger partial charge < -0.3 is 24.4 Å². The van der Waals surface area contributed by atoms with Gasteiger partial charge in [-0.15, -0.1) is 0 Å². The number of hydrogen-bond acceptors (Lipinski definition) is 6. The Morgan fingerprint density at radius 3 is 2.48 bits per heavy atom. The van der Waals surface area contributed by atoms with Crippen molar-refractivity contribution in [2.45, 2.75) is 13.0 Å². The molecule has 7 heteroatoms. The highest BCUT2D eigenvalue weighted by atomic mass is 16.5. The first-order valence-electron chi connectivity index (χ1n) is 10.2. The molecule has 1 N–H and O–H groups in total. The summed E-state index contributed by atoms with van der Waals surface area (Å²) in [7, 11) is 5.36. The van der Waals surface area contributed by atoms with Crippen LogP contribution in [0, 0.1) is 0 Å². The normalized spacial score (nSPS) is 18.0. The number of likely N-dealkylation sites (tertiary alicyclic amines) is 1. The number of carbonyl (C=O) groups is 2. The number of nitrogens with zero attached hydrogens (tertiary/aromatic N) is 2. The van der Waals surface area contributed by atoms with Crippen LogP contribution in [0.4, 0.5) is 0 Å². The Morgan fingerprint density at radius 2 is 1.81 bits per heavy atom. The van der Waals surface area contributed by atoms with Crippen LogP contribution in [0.3, 0.4) is 0 Å². The van der Waals surface area contributed by atoms with Crippen molar-refractivity contribution in [3.05, 3.63) is 65.2 Å². The molecule has 2 aromatic rings. The lowest BCUT2D eigenvalue weighted by Crippen LogP contribution is -2.35. The summed E-state index contributed by atoms with van der Waals surface area (Å²) in [6, 6.07) is 13.3. The Labute approximate surface area is 182 Å². The molecule has 164 valence electrons. The summed E-state index contributed by atoms with van der Waals surface area (Å²) in [5, 5.41) is 11.1. The highest BCUT2D eigenvalue weighted by Gasteiger charge is 2.46. The molecule has 31 heavy (non-hydrogen) atoms. The number of rotatable bonds is 8. The van der Waals surface area contributed by atoms with E-state index in [1.807, 2.05) is 32.0 Å². The predicted molar refractivity (Wildman–Crippen MR) is 118 cm³/mol. The van der Waals surface area contributed by atoms with Gasteiger partial charge in [0.2, 0.25) is 0 Å². The molecule has 0 radical (unpaired) electrons. The number of Topliss-reactive ketones (excluding diaryl/α,β-unsaturated/α-hetero) is 1. The number of likely N-dealkylation sites (N-methyl/N-ethyl adjacent to an activating group) is 1. The van der Waals surface area contributed by atoms with Gasteiger partial charge in [0.1, 0.15) is 17.3 Å². The molecule has 7 nitrogen and oxygen atoms in total. The molecule has 1 aliphatic heterocycles. The predicted octanol–water partition coefficient (Wildman–Crippen LogP) is 3.08. The lowest BCUT2D eigenvalue weighted by Gasteiger charge is -2.26. The van der Waals surface area contributed by atoms with Crippen LogP contribution >= 0.6 is 0 Å². The van der Waals surface area contributed by atoms with Crippen molar-refractivity contribution in [3.63, 3.8) is 0 Å². The van der Waals surface area contributed by atoms with Gasteiger partial charge in [0.15, 0.2) is 0 Å². The summed E-state index contributed by atoms with van der Waals surface area (Å²) >= 11 is 0. The number of ketones is 1. The second kappa shape index (κ2) is 9.66. The second-order valence-electron chi connectivity index (χ2n) is 7.53. The van der Waals surface area contributed by atoms with Crippen LogP contribution in [-0.4, -0.2) is 67.5 Å². The summed E-state index contributed by atoms with van der Waals surface area (Å²) in [4.78, 5) is 29.4. The summed E-state index contributed by atoms with van der Waals surface area (Å²) in [5.74, 6) is -0.372. The van der Waals surface area contributed by atoms with E-state index in [2.05, 4.69) is 0 Å². The largest absolute Gasteiger partial charge is 0.507 e. The summed E-state index contributed by atoms with van der Waals surface area (Å²) in [5.41, 5.74) is 1.18. The average molecular weight is 424 g/mol. The molecule has 1 saturated heterocycles. The molecule has 1 unspecified atom stereocenters. The summed E-state index contributed by atoms with van der Waals surface area (Å²) in [6.07, 6.45) is 0. The Balaban J connectivity index is 2.15. The first-order valence-corrected chi connectivity index (χ1v) is 10.2. The van der Waals surface area contributed by atoms with Crippen molar-refractivity contribution in [1.82, 2.24) is 9.80 Å². The van der Waals surface area contributed by atoms with Gasteiger partial charge in [0.25, 0.3) is 11.7 Å². The summed E-state index contributed by atoms with van der Waals surface area (Å²) < 4.78 is 10.8. The van der Waals surface area contributed by atoms with Crippen molar-refractivity contribution in [2.24, 2.45) is 0 Å². The molecule has 0 aliphatic carbocycles. The van der Waals surface area contributed by atoms with Crippen molar-refractivity contribution in [3.8, 4) is 11.5 Å². The zero-order chi connectivity index (χ0) is 22.5. The first-order chi connectivity index (χ1) is 14.9. The molecular formula is C24H28N2O5. The molecule has 0 bridgehead atoms. The van der Waals surface area contributed by atoms with Crippen LogP contribution in [0.25, 0.3) is 5.76 Å². The molecule has 0 saturated carbocycles. The number of amides is 1. The smallest absolute Gasteiger partial charge is 0.295 e. The first kappa shape index (κ1) is 22.4. The Morgan fingerprint density at radius 1 is 1.10 bits per heavy atom. The van der Waals surface area contributed by atoms with Gasteiger partial charge >= 0.3 is 0 Å². The molecule has 1 atom stereocenters. The minimum atomic E-state index is -0.717. The highest BCUT2D eigenvalue weighted by molar-refractivity contribution is 6.46. The number of carbonyl (C=O) groups excluding carboxylic acids is 2. The number of methoxy groups -OCH3 is 1. The van der Waals surface area contributed by atoms with E-state index >= 15 is 0 Å². The number of benzene rings is 2. The van der Waals surface area contributed by atoms with Gasteiger partial charge in [0, 0.05) is 18.7 Å². The topological polar surface area (TPSA) is 79.3 Å². The fourth-order valence-corrected chi connectivity index (χ4v) is 3.63. The van der Waals surface area contributed by atoms with Crippen LogP contribution in [0.5, 0.6) is 11.5 Å². The van der Waals surface area contributed by atoms with Crippen LogP contribution in [0.15, 0.2) is 54.1 Å². The fourth-order valence-electron chi connectivity index (χ4n) is 3.63. The van der Waals surface area contributed by atoms with Crippen molar-refractivity contribution in [2.75, 3.05) is 40.9 Å². The monoisotopic (exact) mass is 424 g/mol. The minimum absolute atomic E-state index is 0.0608. The maximum Gasteiger partial charge on any atom is 0.295 e. The lowest BCUT2D eigenvalue weighted by molar-refractivity contribution is -0.140. The third kappa shape index (κ3) is 4.72. The molecule has 1 amide bonds. The van der Waals surface area contributed by atoms with E-state index in [4.69, 9.17) is 9.47 Å². The fraction of sp³-hybridized carbons (Fsp3) is 0.333. The van der Waals surface area contributed by atoms with Crippen LogP contribution in [0.1, 0.15) is 24.1 Å². The quantitative estimate of drug-likeness (QED) is 0.399. The molecular weight excluding hydrogens is 396 g/mol. The lowest BCUT2D eigenvalue weighted by atomic mass is 9.95. The van der Waals surface area contributed by atoms with E-state index in [0.29, 0.717) is 42.3 Å². The number of ether oxygens (including phenoxy) is 2. The Bertz CT molecular complexity index is 999. The molecule has 0 spiro atoms. The average Bonchev–Trinajstić information content (AvgIpc) is 3.02. The zero-order valence-electron chi connectivity index (χ0n) is 18.3. The van der Waals surface area contributed by atoms with Crippen LogP contribution < -0.4 is 9.47 Å². The van der Waals surface area contributed by atoms with E-state index in [1.165, 1.54) is 4.90 Å². The van der Waals surface area contributed by atoms with Crippen LogP contribution in [0.2, 0.25) is 0 Å².